The van der Waals surface area contributed by atoms with Gasteiger partial charge in [-0.1, -0.05) is 30.3 Å². The minimum absolute atomic E-state index is 0. The van der Waals surface area contributed by atoms with Crippen LogP contribution in [0.2, 0.25) is 0 Å². The van der Waals surface area contributed by atoms with Crippen molar-refractivity contribution in [2.75, 3.05) is 13.6 Å². The predicted octanol–water partition coefficient (Wildman–Crippen LogP) is 1.65. The summed E-state index contributed by atoms with van der Waals surface area (Å²) in [5.74, 6) is 0.377. The Kier molecular flexibility index (Phi) is 8.79. The van der Waals surface area contributed by atoms with Crippen LogP contribution in [0, 0.1) is 11.8 Å². The van der Waals surface area contributed by atoms with Crippen LogP contribution in [0.4, 0.5) is 0 Å². The number of hydrogen-bond donors (Lipinski definition) is 3. The average molecular weight is 354 g/mol. The zero-order valence-corrected chi connectivity index (χ0v) is 15.0. The van der Waals surface area contributed by atoms with Gasteiger partial charge in [0.15, 0.2) is 0 Å². The maximum atomic E-state index is 12.5. The Morgan fingerprint density at radius 2 is 1.79 bits per heavy atom. The molecule has 0 unspecified atom stereocenters. The van der Waals surface area contributed by atoms with Crippen LogP contribution in [0.1, 0.15) is 31.2 Å². The number of carbonyl (C=O) groups is 2. The maximum absolute atomic E-state index is 12.5. The molecule has 0 radical (unpaired) electrons. The summed E-state index contributed by atoms with van der Waals surface area (Å²) < 4.78 is 0. The number of benzene rings is 1. The molecule has 1 fully saturated rings. The molecule has 1 saturated carbocycles. The van der Waals surface area contributed by atoms with Crippen LogP contribution in [0.25, 0.3) is 0 Å². The van der Waals surface area contributed by atoms with Gasteiger partial charge in [0.05, 0.1) is 0 Å². The molecular weight excluding hydrogens is 326 g/mol. The molecule has 4 N–H and O–H groups in total. The lowest BCUT2D eigenvalue weighted by atomic mass is 9.81. The number of nitrogens with one attached hydrogen (secondary N) is 2. The fourth-order valence-corrected chi connectivity index (χ4v) is 3.18. The highest BCUT2D eigenvalue weighted by molar-refractivity contribution is 5.88. The fraction of sp³-hybridized carbons (Fsp3) is 0.556. The summed E-state index contributed by atoms with van der Waals surface area (Å²) in [5.41, 5.74) is 6.73. The van der Waals surface area contributed by atoms with Gasteiger partial charge in [-0.05, 0) is 43.7 Å². The highest BCUT2D eigenvalue weighted by Gasteiger charge is 2.28. The summed E-state index contributed by atoms with van der Waals surface area (Å²) in [5, 5.41) is 5.58. The van der Waals surface area contributed by atoms with Gasteiger partial charge in [0.25, 0.3) is 0 Å². The van der Waals surface area contributed by atoms with Crippen molar-refractivity contribution in [1.29, 1.82) is 0 Å². The van der Waals surface area contributed by atoms with Crippen molar-refractivity contribution < 1.29 is 9.59 Å². The Morgan fingerprint density at radius 3 is 2.33 bits per heavy atom. The molecule has 2 rings (SSSR count). The quantitative estimate of drug-likeness (QED) is 0.727. The Balaban J connectivity index is 0.00000288. The molecule has 134 valence electrons. The van der Waals surface area contributed by atoms with E-state index in [0.717, 1.165) is 31.2 Å². The van der Waals surface area contributed by atoms with Gasteiger partial charge in [-0.3, -0.25) is 9.59 Å². The number of carbonyl (C=O) groups excluding carboxylic acids is 2. The van der Waals surface area contributed by atoms with E-state index in [-0.39, 0.29) is 30.1 Å². The third-order valence-corrected chi connectivity index (χ3v) is 4.71. The summed E-state index contributed by atoms with van der Waals surface area (Å²) in [6.07, 6.45) is 4.22. The number of nitrogens with two attached hydrogens (primary N) is 1. The average Bonchev–Trinajstić information content (AvgIpc) is 2.61. The van der Waals surface area contributed by atoms with Gasteiger partial charge in [0.1, 0.15) is 6.04 Å². The Labute approximate surface area is 150 Å². The summed E-state index contributed by atoms with van der Waals surface area (Å²) in [6, 6.07) is 9.22. The lowest BCUT2D eigenvalue weighted by Crippen LogP contribution is -2.49. The molecule has 0 aromatic heterocycles. The van der Waals surface area contributed by atoms with Gasteiger partial charge in [0, 0.05) is 19.4 Å². The van der Waals surface area contributed by atoms with E-state index in [1.807, 2.05) is 30.3 Å². The van der Waals surface area contributed by atoms with E-state index in [9.17, 15) is 9.59 Å². The highest BCUT2D eigenvalue weighted by Crippen LogP contribution is 2.28. The van der Waals surface area contributed by atoms with Crippen molar-refractivity contribution in [2.45, 2.75) is 38.1 Å². The molecule has 0 aliphatic heterocycles. The number of hydrogen-bond acceptors (Lipinski definition) is 3. The zero-order valence-electron chi connectivity index (χ0n) is 14.2. The molecule has 0 spiro atoms. The lowest BCUT2D eigenvalue weighted by Gasteiger charge is -2.28. The zero-order chi connectivity index (χ0) is 16.7. The third-order valence-electron chi connectivity index (χ3n) is 4.71. The highest BCUT2D eigenvalue weighted by atomic mass is 35.5. The summed E-state index contributed by atoms with van der Waals surface area (Å²) in [6.45, 7) is 0.698. The van der Waals surface area contributed by atoms with Gasteiger partial charge in [-0.2, -0.15) is 0 Å². The number of likely N-dealkylation sites (N-methyl/N-ethyl adjacent to an activating group) is 1. The second-order valence-electron chi connectivity index (χ2n) is 6.32. The Bertz CT molecular complexity index is 516. The first-order valence-corrected chi connectivity index (χ1v) is 8.40. The first-order valence-electron chi connectivity index (χ1n) is 8.40. The van der Waals surface area contributed by atoms with Crippen molar-refractivity contribution in [3.63, 3.8) is 0 Å². The van der Waals surface area contributed by atoms with Crippen LogP contribution in [0.15, 0.2) is 30.3 Å². The first kappa shape index (κ1) is 20.5. The molecular formula is C18H28ClN3O2. The van der Waals surface area contributed by atoms with Gasteiger partial charge >= 0.3 is 0 Å². The fourth-order valence-electron chi connectivity index (χ4n) is 3.18. The van der Waals surface area contributed by atoms with Crippen molar-refractivity contribution >= 4 is 24.2 Å². The molecule has 5 nitrogen and oxygen atoms in total. The molecule has 1 aliphatic carbocycles. The molecule has 2 amide bonds. The van der Waals surface area contributed by atoms with Gasteiger partial charge in [-0.15, -0.1) is 12.4 Å². The molecule has 0 saturated heterocycles. The van der Waals surface area contributed by atoms with E-state index in [2.05, 4.69) is 10.6 Å². The van der Waals surface area contributed by atoms with Crippen LogP contribution < -0.4 is 16.4 Å². The van der Waals surface area contributed by atoms with Crippen LogP contribution in [0.5, 0.6) is 0 Å². The van der Waals surface area contributed by atoms with Crippen molar-refractivity contribution in [3.8, 4) is 0 Å². The standard InChI is InChI=1S/C18H27N3O2.ClH/c1-20-18(23)16(11-13-5-3-2-4-6-13)21-17(22)15-9-7-14(12-19)8-10-15;/h2-6,14-16H,7-12,19H2,1H3,(H,20,23)(H,21,22);1H/t14?,15?,16-;/m0./s1. The van der Waals surface area contributed by atoms with E-state index >= 15 is 0 Å². The molecule has 0 bridgehead atoms. The SMILES string of the molecule is CNC(=O)[C@H](Cc1ccccc1)NC(=O)C1CCC(CN)CC1.Cl. The molecule has 1 aliphatic rings. The van der Waals surface area contributed by atoms with Crippen LogP contribution >= 0.6 is 12.4 Å². The summed E-state index contributed by atoms with van der Waals surface area (Å²) in [4.78, 5) is 24.6. The molecule has 24 heavy (non-hydrogen) atoms. The van der Waals surface area contributed by atoms with Gasteiger partial charge < -0.3 is 16.4 Å². The monoisotopic (exact) mass is 353 g/mol. The second kappa shape index (κ2) is 10.3. The van der Waals surface area contributed by atoms with Gasteiger partial charge in [-0.25, -0.2) is 0 Å². The molecule has 1 aromatic carbocycles. The third kappa shape index (κ3) is 5.80. The smallest absolute Gasteiger partial charge is 0.242 e. The minimum Gasteiger partial charge on any atom is -0.357 e. The van der Waals surface area contributed by atoms with Gasteiger partial charge in [0.2, 0.25) is 11.8 Å². The number of halogens is 1. The Morgan fingerprint density at radius 1 is 1.17 bits per heavy atom. The molecule has 0 heterocycles. The summed E-state index contributed by atoms with van der Waals surface area (Å²) >= 11 is 0. The number of rotatable bonds is 6. The summed E-state index contributed by atoms with van der Waals surface area (Å²) in [7, 11) is 1.60. The maximum Gasteiger partial charge on any atom is 0.242 e. The van der Waals surface area contributed by atoms with Crippen molar-refractivity contribution in [1.82, 2.24) is 10.6 Å². The number of amides is 2. The largest absolute Gasteiger partial charge is 0.357 e. The van der Waals surface area contributed by atoms with Crippen LogP contribution in [-0.4, -0.2) is 31.4 Å². The second-order valence-corrected chi connectivity index (χ2v) is 6.32. The van der Waals surface area contributed by atoms with Crippen molar-refractivity contribution in [2.24, 2.45) is 17.6 Å². The topological polar surface area (TPSA) is 84.2 Å². The van der Waals surface area contributed by atoms with Crippen molar-refractivity contribution in [3.05, 3.63) is 35.9 Å². The first-order chi connectivity index (χ1) is 11.1. The van der Waals surface area contributed by atoms with E-state index in [0.29, 0.717) is 18.9 Å². The molecule has 6 heteroatoms. The molecule has 1 atom stereocenters. The predicted molar refractivity (Wildman–Crippen MR) is 97.9 cm³/mol. The van der Waals surface area contributed by atoms with E-state index in [1.54, 1.807) is 7.05 Å². The van der Waals surface area contributed by atoms with E-state index < -0.39 is 6.04 Å². The van der Waals surface area contributed by atoms with E-state index in [1.165, 1.54) is 0 Å². The Hall–Kier alpha value is -1.59. The van der Waals surface area contributed by atoms with Crippen LogP contribution in [0.3, 0.4) is 0 Å². The van der Waals surface area contributed by atoms with E-state index in [4.69, 9.17) is 5.73 Å². The molecule has 1 aromatic rings. The van der Waals surface area contributed by atoms with Crippen LogP contribution in [-0.2, 0) is 16.0 Å². The minimum atomic E-state index is -0.526. The normalized spacial score (nSPS) is 21.2. The lowest BCUT2D eigenvalue weighted by molar-refractivity contribution is -0.131.